The Balaban J connectivity index is 2.39. The highest BCUT2D eigenvalue weighted by Crippen LogP contribution is 2.43. The van der Waals surface area contributed by atoms with Gasteiger partial charge in [-0.15, -0.1) is 0 Å². The van der Waals surface area contributed by atoms with Crippen molar-refractivity contribution < 1.29 is 29.4 Å². The van der Waals surface area contributed by atoms with Crippen LogP contribution in [0.2, 0.25) is 0 Å². The SMILES string of the molecule is NC(=O)N(N)c1ccc(O)c2c1C(=O)c1c(O)ccc(N(N)C(N)=O)c1C2=O. The lowest BCUT2D eigenvalue weighted by Crippen LogP contribution is -2.44. The first-order valence-electron chi connectivity index (χ1n) is 7.57. The molecule has 10 N–H and O–H groups in total. The van der Waals surface area contributed by atoms with E-state index in [4.69, 9.17) is 23.2 Å². The molecule has 0 saturated carbocycles. The number of ketones is 2. The monoisotopic (exact) mass is 386 g/mol. The minimum absolute atomic E-state index is 0.270. The number of aromatic hydroxyl groups is 2. The van der Waals surface area contributed by atoms with Gasteiger partial charge in [-0.2, -0.15) is 0 Å². The lowest BCUT2D eigenvalue weighted by atomic mass is 9.81. The highest BCUT2D eigenvalue weighted by atomic mass is 16.3. The average Bonchev–Trinajstić information content (AvgIpc) is 2.64. The summed E-state index contributed by atoms with van der Waals surface area (Å²) in [6, 6.07) is 1.99. The maximum Gasteiger partial charge on any atom is 0.333 e. The standard InChI is InChI=1S/C16H14N6O6/c17-15(27)21(19)5-1-3-7(23)11-9(5)13(25)12-8(24)4-2-6(10(12)14(11)26)22(20)16(18)28/h1-4,23-24H,19-20H2,(H2,17,27)(H2,18,28). The quantitative estimate of drug-likeness (QED) is 0.189. The van der Waals surface area contributed by atoms with Gasteiger partial charge in [-0.1, -0.05) is 0 Å². The van der Waals surface area contributed by atoms with Crippen LogP contribution in [0.25, 0.3) is 0 Å². The molecule has 0 fully saturated rings. The van der Waals surface area contributed by atoms with Crippen LogP contribution in [0.15, 0.2) is 24.3 Å². The third kappa shape index (κ3) is 2.48. The van der Waals surface area contributed by atoms with Crippen LogP contribution in [0, 0.1) is 0 Å². The molecule has 2 aromatic rings. The zero-order chi connectivity index (χ0) is 20.9. The first-order chi connectivity index (χ1) is 13.1. The van der Waals surface area contributed by atoms with Gasteiger partial charge in [-0.05, 0) is 24.3 Å². The van der Waals surface area contributed by atoms with Crippen molar-refractivity contribution >= 4 is 35.0 Å². The Labute approximate surface area is 156 Å². The number of benzene rings is 2. The van der Waals surface area contributed by atoms with Crippen LogP contribution in [0.1, 0.15) is 31.8 Å². The molecule has 0 unspecified atom stereocenters. The summed E-state index contributed by atoms with van der Waals surface area (Å²) in [5.74, 6) is 8.01. The van der Waals surface area contributed by atoms with Crippen LogP contribution >= 0.6 is 0 Å². The summed E-state index contributed by atoms with van der Waals surface area (Å²) < 4.78 is 0. The van der Waals surface area contributed by atoms with Crippen LogP contribution in [0.5, 0.6) is 11.5 Å². The molecule has 144 valence electrons. The van der Waals surface area contributed by atoms with Crippen molar-refractivity contribution in [3.05, 3.63) is 46.5 Å². The fourth-order valence-electron chi connectivity index (χ4n) is 2.97. The number of phenols is 2. The Kier molecular flexibility index (Phi) is 4.14. The maximum atomic E-state index is 13.1. The van der Waals surface area contributed by atoms with E-state index in [1.807, 2.05) is 0 Å². The second-order valence-electron chi connectivity index (χ2n) is 5.78. The molecule has 0 atom stereocenters. The number of carbonyl (C=O) groups is 4. The number of primary amides is 2. The third-order valence-electron chi connectivity index (χ3n) is 4.22. The summed E-state index contributed by atoms with van der Waals surface area (Å²) in [6.07, 6.45) is 0. The predicted molar refractivity (Wildman–Crippen MR) is 95.6 cm³/mol. The molecule has 28 heavy (non-hydrogen) atoms. The number of rotatable bonds is 2. The van der Waals surface area contributed by atoms with Crippen molar-refractivity contribution in [1.29, 1.82) is 0 Å². The maximum absolute atomic E-state index is 13.1. The summed E-state index contributed by atoms with van der Waals surface area (Å²) in [7, 11) is 0. The zero-order valence-corrected chi connectivity index (χ0v) is 14.0. The number of fused-ring (bicyclic) bond motifs is 2. The number of amides is 4. The first-order valence-corrected chi connectivity index (χ1v) is 7.57. The smallest absolute Gasteiger partial charge is 0.333 e. The van der Waals surface area contributed by atoms with E-state index in [0.29, 0.717) is 10.0 Å². The summed E-state index contributed by atoms with van der Waals surface area (Å²) in [4.78, 5) is 49.0. The topological polar surface area (TPSA) is 219 Å². The number of nitrogens with two attached hydrogens (primary N) is 4. The van der Waals surface area contributed by atoms with Gasteiger partial charge in [0, 0.05) is 0 Å². The van der Waals surface area contributed by atoms with E-state index >= 15 is 0 Å². The Bertz CT molecular complexity index is 996. The lowest BCUT2D eigenvalue weighted by molar-refractivity contribution is 0.0975. The van der Waals surface area contributed by atoms with Crippen molar-refractivity contribution in [3.63, 3.8) is 0 Å². The third-order valence-corrected chi connectivity index (χ3v) is 4.22. The molecule has 2 aromatic carbocycles. The van der Waals surface area contributed by atoms with Crippen LogP contribution in [-0.2, 0) is 0 Å². The fourth-order valence-corrected chi connectivity index (χ4v) is 2.97. The Hall–Kier alpha value is -4.16. The molecule has 0 saturated heterocycles. The zero-order valence-electron chi connectivity index (χ0n) is 14.0. The summed E-state index contributed by atoms with van der Waals surface area (Å²) in [6.45, 7) is 0. The van der Waals surface area contributed by atoms with Gasteiger partial charge in [0.2, 0.25) is 11.6 Å². The number of phenolic OH excluding ortho intramolecular Hbond substituents is 2. The van der Waals surface area contributed by atoms with Gasteiger partial charge in [-0.3, -0.25) is 9.59 Å². The largest absolute Gasteiger partial charge is 0.507 e. The van der Waals surface area contributed by atoms with Crippen molar-refractivity contribution in [2.45, 2.75) is 0 Å². The Morgan fingerprint density at radius 3 is 1.29 bits per heavy atom. The summed E-state index contributed by atoms with van der Waals surface area (Å²) in [5.41, 5.74) is 7.79. The molecule has 0 radical (unpaired) electrons. The van der Waals surface area contributed by atoms with E-state index in [1.165, 1.54) is 0 Å². The van der Waals surface area contributed by atoms with E-state index in [2.05, 4.69) is 0 Å². The van der Waals surface area contributed by atoms with E-state index in [1.54, 1.807) is 0 Å². The van der Waals surface area contributed by atoms with Gasteiger partial charge in [-0.25, -0.2) is 31.3 Å². The molecule has 12 nitrogen and oxygen atoms in total. The van der Waals surface area contributed by atoms with Crippen molar-refractivity contribution in [2.75, 3.05) is 10.0 Å². The summed E-state index contributed by atoms with van der Waals surface area (Å²) >= 11 is 0. The van der Waals surface area contributed by atoms with Crippen LogP contribution in [0.3, 0.4) is 0 Å². The number of anilines is 2. The minimum atomic E-state index is -1.14. The van der Waals surface area contributed by atoms with Gasteiger partial charge >= 0.3 is 12.1 Å². The fraction of sp³-hybridized carbons (Fsp3) is 0. The van der Waals surface area contributed by atoms with Crippen molar-refractivity contribution in [1.82, 2.24) is 0 Å². The van der Waals surface area contributed by atoms with E-state index < -0.39 is 57.4 Å². The number of carbonyl (C=O) groups excluding carboxylic acids is 4. The molecule has 0 bridgehead atoms. The molecule has 3 rings (SSSR count). The number of hydrogen-bond acceptors (Lipinski definition) is 8. The molecular formula is C16H14N6O6. The highest BCUT2D eigenvalue weighted by molar-refractivity contribution is 6.34. The van der Waals surface area contributed by atoms with Gasteiger partial charge in [0.1, 0.15) is 11.5 Å². The summed E-state index contributed by atoms with van der Waals surface area (Å²) in [5, 5.41) is 21.2. The Morgan fingerprint density at radius 2 is 1.00 bits per heavy atom. The normalized spacial score (nSPS) is 12.2. The highest BCUT2D eigenvalue weighted by Gasteiger charge is 2.40. The molecule has 1 aliphatic rings. The predicted octanol–water partition coefficient (Wildman–Crippen LogP) is -0.609. The number of urea groups is 2. The van der Waals surface area contributed by atoms with Gasteiger partial charge in [0.15, 0.2) is 0 Å². The second-order valence-corrected chi connectivity index (χ2v) is 5.78. The van der Waals surface area contributed by atoms with Crippen LogP contribution in [-0.4, -0.2) is 33.8 Å². The van der Waals surface area contributed by atoms with Gasteiger partial charge in [0.25, 0.3) is 0 Å². The lowest BCUT2D eigenvalue weighted by Gasteiger charge is -2.27. The molecule has 0 spiro atoms. The molecule has 12 heteroatoms. The van der Waals surface area contributed by atoms with Gasteiger partial charge < -0.3 is 21.7 Å². The average molecular weight is 386 g/mol. The molecule has 0 aromatic heterocycles. The number of hydrogen-bond donors (Lipinski definition) is 6. The minimum Gasteiger partial charge on any atom is -0.507 e. The van der Waals surface area contributed by atoms with E-state index in [0.717, 1.165) is 24.3 Å². The number of nitrogens with zero attached hydrogens (tertiary/aromatic N) is 2. The van der Waals surface area contributed by atoms with E-state index in [-0.39, 0.29) is 11.4 Å². The Morgan fingerprint density at radius 1 is 0.679 bits per heavy atom. The van der Waals surface area contributed by atoms with Crippen molar-refractivity contribution in [2.24, 2.45) is 23.2 Å². The van der Waals surface area contributed by atoms with Crippen molar-refractivity contribution in [3.8, 4) is 11.5 Å². The molecule has 0 heterocycles. The molecule has 0 aliphatic heterocycles. The number of hydrazine groups is 2. The van der Waals surface area contributed by atoms with Crippen LogP contribution < -0.4 is 33.2 Å². The molecule has 4 amide bonds. The second kappa shape index (κ2) is 6.22. The van der Waals surface area contributed by atoms with Gasteiger partial charge in [0.05, 0.1) is 33.6 Å². The van der Waals surface area contributed by atoms with E-state index in [9.17, 15) is 29.4 Å². The van der Waals surface area contributed by atoms with Crippen LogP contribution in [0.4, 0.5) is 21.0 Å². The first kappa shape index (κ1) is 18.6. The molecule has 1 aliphatic carbocycles. The molecular weight excluding hydrogens is 372 g/mol.